The van der Waals surface area contributed by atoms with Crippen molar-refractivity contribution in [1.29, 1.82) is 0 Å². The maximum Gasteiger partial charge on any atom is 0.136 e. The lowest BCUT2D eigenvalue weighted by Crippen LogP contribution is -2.39. The van der Waals surface area contributed by atoms with Gasteiger partial charge in [-0.1, -0.05) is 12.1 Å². The van der Waals surface area contributed by atoms with Crippen LogP contribution in [-0.2, 0) is 4.74 Å². The summed E-state index contributed by atoms with van der Waals surface area (Å²) in [5, 5.41) is 7.89. The van der Waals surface area contributed by atoms with Gasteiger partial charge in [0.15, 0.2) is 0 Å². The largest absolute Gasteiger partial charge is 0.462 e. The molecule has 1 aliphatic rings. The molecule has 0 spiro atoms. The van der Waals surface area contributed by atoms with E-state index in [1.54, 1.807) is 6.26 Å². The molecule has 18 heavy (non-hydrogen) atoms. The number of benzene rings is 1. The molecule has 4 nitrogen and oxygen atoms in total. The number of para-hydroxylation sites is 1. The van der Waals surface area contributed by atoms with Crippen molar-refractivity contribution in [3.8, 4) is 0 Å². The Hall–Kier alpha value is -1.52. The van der Waals surface area contributed by atoms with Gasteiger partial charge < -0.3 is 19.8 Å². The second-order valence-electron chi connectivity index (χ2n) is 4.56. The number of hydrogen-bond acceptors (Lipinski definition) is 4. The van der Waals surface area contributed by atoms with Gasteiger partial charge in [-0.3, -0.25) is 0 Å². The van der Waals surface area contributed by atoms with Crippen LogP contribution in [0.4, 0.5) is 5.69 Å². The monoisotopic (exact) mass is 246 g/mol. The number of hydrogen-bond donors (Lipinski definition) is 2. The minimum Gasteiger partial charge on any atom is -0.462 e. The van der Waals surface area contributed by atoms with Gasteiger partial charge in [-0.05, 0) is 18.6 Å². The fourth-order valence-electron chi connectivity index (χ4n) is 2.29. The molecule has 3 rings (SSSR count). The van der Waals surface area contributed by atoms with E-state index >= 15 is 0 Å². The molecule has 1 atom stereocenters. The van der Waals surface area contributed by atoms with Crippen molar-refractivity contribution >= 4 is 16.7 Å². The Labute approximate surface area is 106 Å². The predicted octanol–water partition coefficient (Wildman–Crippen LogP) is 2.22. The molecule has 0 bridgehead atoms. The van der Waals surface area contributed by atoms with E-state index in [4.69, 9.17) is 9.15 Å². The zero-order valence-electron chi connectivity index (χ0n) is 10.3. The summed E-state index contributed by atoms with van der Waals surface area (Å²) in [5.41, 5.74) is 1.99. The van der Waals surface area contributed by atoms with Gasteiger partial charge >= 0.3 is 0 Å². The highest BCUT2D eigenvalue weighted by Gasteiger charge is 2.13. The van der Waals surface area contributed by atoms with E-state index in [9.17, 15) is 0 Å². The Morgan fingerprint density at radius 2 is 2.28 bits per heavy atom. The summed E-state index contributed by atoms with van der Waals surface area (Å²) in [4.78, 5) is 0. The van der Waals surface area contributed by atoms with Crippen LogP contribution in [0.2, 0.25) is 0 Å². The van der Waals surface area contributed by atoms with Crippen LogP contribution in [0.15, 0.2) is 34.9 Å². The van der Waals surface area contributed by atoms with Gasteiger partial charge in [0.2, 0.25) is 0 Å². The second kappa shape index (κ2) is 5.42. The molecule has 0 radical (unpaired) electrons. The van der Waals surface area contributed by atoms with E-state index < -0.39 is 0 Å². The molecule has 1 saturated heterocycles. The highest BCUT2D eigenvalue weighted by Crippen LogP contribution is 2.25. The molecule has 0 aliphatic carbocycles. The molecule has 1 aromatic carbocycles. The van der Waals surface area contributed by atoms with Crippen molar-refractivity contribution < 1.29 is 9.15 Å². The second-order valence-corrected chi connectivity index (χ2v) is 4.56. The summed E-state index contributed by atoms with van der Waals surface area (Å²) in [6, 6.07) is 8.06. The summed E-state index contributed by atoms with van der Waals surface area (Å²) in [7, 11) is 0. The van der Waals surface area contributed by atoms with Gasteiger partial charge in [-0.2, -0.15) is 0 Å². The van der Waals surface area contributed by atoms with Crippen LogP contribution >= 0.6 is 0 Å². The topological polar surface area (TPSA) is 46.4 Å². The number of furan rings is 1. The number of morpholine rings is 1. The van der Waals surface area contributed by atoms with Crippen molar-refractivity contribution in [2.24, 2.45) is 0 Å². The summed E-state index contributed by atoms with van der Waals surface area (Å²) in [5.74, 6) is 0. The zero-order chi connectivity index (χ0) is 12.2. The van der Waals surface area contributed by atoms with Crippen LogP contribution in [0.25, 0.3) is 11.0 Å². The smallest absolute Gasteiger partial charge is 0.136 e. The average molecular weight is 246 g/mol. The maximum absolute atomic E-state index is 5.66. The normalized spacial score (nSPS) is 20.1. The highest BCUT2D eigenvalue weighted by molar-refractivity contribution is 5.90. The quantitative estimate of drug-likeness (QED) is 0.868. The summed E-state index contributed by atoms with van der Waals surface area (Å²) >= 11 is 0. The minimum atomic E-state index is 0.324. The lowest BCUT2D eigenvalue weighted by Gasteiger charge is -2.23. The standard InChI is InChI=1S/C14H18N2O2/c1-2-4-14-12(3-1)13(10-18-14)16-6-5-11-9-15-7-8-17-11/h1-4,10-11,15-16H,5-9H2. The molecule has 96 valence electrons. The van der Waals surface area contributed by atoms with Crippen LogP contribution in [0.1, 0.15) is 6.42 Å². The van der Waals surface area contributed by atoms with E-state index in [2.05, 4.69) is 16.7 Å². The molecular formula is C14H18N2O2. The summed E-state index contributed by atoms with van der Waals surface area (Å²) < 4.78 is 11.1. The van der Waals surface area contributed by atoms with Crippen LogP contribution < -0.4 is 10.6 Å². The highest BCUT2D eigenvalue weighted by atomic mass is 16.5. The van der Waals surface area contributed by atoms with Crippen molar-refractivity contribution in [2.75, 3.05) is 31.6 Å². The molecule has 0 amide bonds. The molecule has 0 saturated carbocycles. The number of ether oxygens (including phenoxy) is 1. The molecule has 2 N–H and O–H groups in total. The molecule has 2 aromatic rings. The maximum atomic E-state index is 5.66. The first-order valence-corrected chi connectivity index (χ1v) is 6.46. The minimum absolute atomic E-state index is 0.324. The Morgan fingerprint density at radius 3 is 3.17 bits per heavy atom. The first-order chi connectivity index (χ1) is 8.93. The Balaban J connectivity index is 1.56. The number of fused-ring (bicyclic) bond motifs is 1. The molecule has 1 unspecified atom stereocenters. The SMILES string of the molecule is c1ccc2c(NCCC3CNCCO3)coc2c1. The molecule has 4 heteroatoms. The molecule has 1 fully saturated rings. The Morgan fingerprint density at radius 1 is 1.33 bits per heavy atom. The van der Waals surface area contributed by atoms with Crippen molar-refractivity contribution in [1.82, 2.24) is 5.32 Å². The molecular weight excluding hydrogens is 228 g/mol. The van der Waals surface area contributed by atoms with E-state index in [-0.39, 0.29) is 0 Å². The van der Waals surface area contributed by atoms with Crippen LogP contribution in [0.3, 0.4) is 0 Å². The van der Waals surface area contributed by atoms with E-state index in [0.717, 1.165) is 49.3 Å². The predicted molar refractivity (Wildman–Crippen MR) is 71.9 cm³/mol. The van der Waals surface area contributed by atoms with Crippen molar-refractivity contribution in [2.45, 2.75) is 12.5 Å². The number of nitrogens with one attached hydrogen (secondary N) is 2. The number of anilines is 1. The molecule has 2 heterocycles. The van der Waals surface area contributed by atoms with E-state index in [0.29, 0.717) is 6.10 Å². The lowest BCUT2D eigenvalue weighted by atomic mass is 10.2. The van der Waals surface area contributed by atoms with Crippen LogP contribution in [0, 0.1) is 0 Å². The first kappa shape index (κ1) is 11.6. The molecule has 1 aromatic heterocycles. The Kier molecular flexibility index (Phi) is 3.48. The average Bonchev–Trinajstić information content (AvgIpc) is 2.84. The van der Waals surface area contributed by atoms with Crippen molar-refractivity contribution in [3.63, 3.8) is 0 Å². The molecule has 1 aliphatic heterocycles. The van der Waals surface area contributed by atoms with Crippen LogP contribution in [0.5, 0.6) is 0 Å². The van der Waals surface area contributed by atoms with E-state index in [1.165, 1.54) is 0 Å². The van der Waals surface area contributed by atoms with Gasteiger partial charge in [0.1, 0.15) is 11.8 Å². The van der Waals surface area contributed by atoms with Gasteiger partial charge in [0, 0.05) is 25.0 Å². The van der Waals surface area contributed by atoms with Gasteiger partial charge in [-0.25, -0.2) is 0 Å². The van der Waals surface area contributed by atoms with Gasteiger partial charge in [0.25, 0.3) is 0 Å². The van der Waals surface area contributed by atoms with Crippen LogP contribution in [-0.4, -0.2) is 32.3 Å². The van der Waals surface area contributed by atoms with Gasteiger partial charge in [0.05, 0.1) is 18.4 Å². The summed E-state index contributed by atoms with van der Waals surface area (Å²) in [6.45, 7) is 3.64. The Bertz CT molecular complexity index is 503. The summed E-state index contributed by atoms with van der Waals surface area (Å²) in [6.07, 6.45) is 3.11. The third-order valence-electron chi connectivity index (χ3n) is 3.27. The number of rotatable bonds is 4. The fraction of sp³-hybridized carbons (Fsp3) is 0.429. The van der Waals surface area contributed by atoms with Crippen molar-refractivity contribution in [3.05, 3.63) is 30.5 Å². The third kappa shape index (κ3) is 2.49. The lowest BCUT2D eigenvalue weighted by molar-refractivity contribution is 0.0258. The third-order valence-corrected chi connectivity index (χ3v) is 3.27. The zero-order valence-corrected chi connectivity index (χ0v) is 10.3. The first-order valence-electron chi connectivity index (χ1n) is 6.46. The van der Waals surface area contributed by atoms with E-state index in [1.807, 2.05) is 18.2 Å². The fourth-order valence-corrected chi connectivity index (χ4v) is 2.29. The van der Waals surface area contributed by atoms with Gasteiger partial charge in [-0.15, -0.1) is 0 Å².